The van der Waals surface area contributed by atoms with E-state index in [2.05, 4.69) is 5.10 Å². The van der Waals surface area contributed by atoms with Crippen LogP contribution in [0.3, 0.4) is 0 Å². The van der Waals surface area contributed by atoms with E-state index < -0.39 is 25.0 Å². The molecule has 2 rings (SSSR count). The summed E-state index contributed by atoms with van der Waals surface area (Å²) in [5.74, 6) is -0.972. The zero-order valence-electron chi connectivity index (χ0n) is 14.3. The summed E-state index contributed by atoms with van der Waals surface area (Å²) in [5.41, 5.74) is 1.13. The van der Waals surface area contributed by atoms with E-state index in [1.165, 1.54) is 16.8 Å². The number of hydrogen-bond acceptors (Lipinski definition) is 2. The average Bonchev–Trinajstić information content (AvgIpc) is 2.83. The molecule has 0 aliphatic rings. The van der Waals surface area contributed by atoms with Gasteiger partial charge in [0.15, 0.2) is 0 Å². The molecule has 1 aromatic heterocycles. The van der Waals surface area contributed by atoms with Crippen molar-refractivity contribution in [2.24, 2.45) is 0 Å². The molecule has 0 aliphatic heterocycles. The number of aryl methyl sites for hydroxylation is 1. The van der Waals surface area contributed by atoms with E-state index in [4.69, 9.17) is 11.6 Å². The van der Waals surface area contributed by atoms with Gasteiger partial charge in [-0.15, -0.1) is 0 Å². The van der Waals surface area contributed by atoms with E-state index in [-0.39, 0.29) is 29.6 Å². The van der Waals surface area contributed by atoms with Crippen LogP contribution in [0.25, 0.3) is 0 Å². The molecule has 0 saturated heterocycles. The fourth-order valence-electron chi connectivity index (χ4n) is 2.49. The fourth-order valence-corrected chi connectivity index (χ4v) is 2.80. The third-order valence-electron chi connectivity index (χ3n) is 3.86. The highest BCUT2D eigenvalue weighted by atomic mass is 35.5. The lowest BCUT2D eigenvalue weighted by molar-refractivity contribution is -0.136. The minimum atomic E-state index is -4.35. The molecular weight excluding hydrogens is 374 g/mol. The molecule has 0 N–H and O–H groups in total. The molecule has 0 bridgehead atoms. The van der Waals surface area contributed by atoms with Crippen LogP contribution in [0.15, 0.2) is 24.3 Å². The highest BCUT2D eigenvalue weighted by Crippen LogP contribution is 2.25. The second-order valence-corrected chi connectivity index (χ2v) is 6.14. The molecule has 0 atom stereocenters. The first-order chi connectivity index (χ1) is 12.1. The number of rotatable bonds is 6. The molecule has 0 aliphatic carbocycles. The molecule has 4 nitrogen and oxygen atoms in total. The molecule has 142 valence electrons. The minimum Gasteiger partial charge on any atom is -0.338 e. The topological polar surface area (TPSA) is 38.1 Å². The Labute approximate surface area is 153 Å². The lowest BCUT2D eigenvalue weighted by Crippen LogP contribution is -2.34. The van der Waals surface area contributed by atoms with Crippen LogP contribution in [0.5, 0.6) is 0 Å². The maximum atomic E-state index is 13.0. The molecule has 0 saturated carbocycles. The molecule has 26 heavy (non-hydrogen) atoms. The van der Waals surface area contributed by atoms with Gasteiger partial charge >= 0.3 is 6.18 Å². The van der Waals surface area contributed by atoms with E-state index in [1.807, 2.05) is 0 Å². The number of alkyl halides is 3. The van der Waals surface area contributed by atoms with Gasteiger partial charge in [0, 0.05) is 13.1 Å². The third-order valence-corrected chi connectivity index (χ3v) is 4.24. The van der Waals surface area contributed by atoms with Crippen LogP contribution in [0.2, 0.25) is 5.15 Å². The van der Waals surface area contributed by atoms with Crippen molar-refractivity contribution >= 4 is 17.5 Å². The largest absolute Gasteiger partial charge is 0.390 e. The first kappa shape index (κ1) is 20.2. The van der Waals surface area contributed by atoms with Crippen molar-refractivity contribution < 1.29 is 22.4 Å². The zero-order valence-corrected chi connectivity index (χ0v) is 15.0. The van der Waals surface area contributed by atoms with Crippen molar-refractivity contribution in [1.82, 2.24) is 14.7 Å². The maximum Gasteiger partial charge on any atom is 0.390 e. The summed E-state index contributed by atoms with van der Waals surface area (Å²) in [4.78, 5) is 13.7. The second kappa shape index (κ2) is 8.07. The first-order valence-corrected chi connectivity index (χ1v) is 8.33. The minimum absolute atomic E-state index is 0.0438. The Balaban J connectivity index is 2.22. The Morgan fingerprint density at radius 3 is 2.42 bits per heavy atom. The number of hydrogen-bond donors (Lipinski definition) is 0. The van der Waals surface area contributed by atoms with Crippen LogP contribution >= 0.6 is 11.6 Å². The summed E-state index contributed by atoms with van der Waals surface area (Å²) >= 11 is 6.25. The summed E-state index contributed by atoms with van der Waals surface area (Å²) in [6.45, 7) is 3.05. The second-order valence-electron chi connectivity index (χ2n) is 5.79. The number of amides is 1. The van der Waals surface area contributed by atoms with Gasteiger partial charge in [-0.2, -0.15) is 18.3 Å². The third kappa shape index (κ3) is 4.97. The van der Waals surface area contributed by atoms with Crippen LogP contribution in [0.1, 0.15) is 35.0 Å². The molecule has 0 radical (unpaired) electrons. The standard InChI is InChI=1S/C17H18ClF4N3O/c1-3-24(9-8-17(20,21)22)16(26)14-11(2)23-25(15(14)18)10-12-4-6-13(19)7-5-12/h4-7H,3,8-10H2,1-2H3. The number of aromatic nitrogens is 2. The summed E-state index contributed by atoms with van der Waals surface area (Å²) in [6.07, 6.45) is -5.44. The summed E-state index contributed by atoms with van der Waals surface area (Å²) < 4.78 is 51.7. The molecule has 0 unspecified atom stereocenters. The van der Waals surface area contributed by atoms with Gasteiger partial charge < -0.3 is 4.90 Å². The molecule has 0 fully saturated rings. The maximum absolute atomic E-state index is 13.0. The summed E-state index contributed by atoms with van der Waals surface area (Å²) in [7, 11) is 0. The summed E-state index contributed by atoms with van der Waals surface area (Å²) in [5, 5.41) is 4.24. The van der Waals surface area contributed by atoms with E-state index in [9.17, 15) is 22.4 Å². The molecule has 0 spiro atoms. The normalized spacial score (nSPS) is 11.7. The Kier molecular flexibility index (Phi) is 6.28. The number of halogens is 5. The molecule has 9 heteroatoms. The molecule has 1 aromatic carbocycles. The van der Waals surface area contributed by atoms with Crippen molar-refractivity contribution in [3.05, 3.63) is 52.1 Å². The van der Waals surface area contributed by atoms with Gasteiger partial charge in [-0.25, -0.2) is 9.07 Å². The van der Waals surface area contributed by atoms with Gasteiger partial charge in [0.25, 0.3) is 5.91 Å². The van der Waals surface area contributed by atoms with Crippen LogP contribution < -0.4 is 0 Å². The Hall–Kier alpha value is -2.09. The van der Waals surface area contributed by atoms with E-state index in [1.54, 1.807) is 26.0 Å². The number of nitrogens with zero attached hydrogens (tertiary/aromatic N) is 3. The number of carbonyl (C=O) groups is 1. The van der Waals surface area contributed by atoms with Gasteiger partial charge in [0.2, 0.25) is 0 Å². The van der Waals surface area contributed by atoms with E-state index in [0.29, 0.717) is 5.69 Å². The Morgan fingerprint density at radius 2 is 1.88 bits per heavy atom. The van der Waals surface area contributed by atoms with Gasteiger partial charge in [-0.3, -0.25) is 4.79 Å². The highest BCUT2D eigenvalue weighted by molar-refractivity contribution is 6.33. The lowest BCUT2D eigenvalue weighted by Gasteiger charge is -2.21. The smallest absolute Gasteiger partial charge is 0.338 e. The van der Waals surface area contributed by atoms with Crippen molar-refractivity contribution in [2.45, 2.75) is 33.0 Å². The van der Waals surface area contributed by atoms with Crippen molar-refractivity contribution in [2.75, 3.05) is 13.1 Å². The van der Waals surface area contributed by atoms with E-state index in [0.717, 1.165) is 10.5 Å². The molecular formula is C17H18ClF4N3O. The highest BCUT2D eigenvalue weighted by Gasteiger charge is 2.30. The van der Waals surface area contributed by atoms with Gasteiger partial charge in [-0.1, -0.05) is 23.7 Å². The molecule has 1 amide bonds. The Bertz CT molecular complexity index is 772. The van der Waals surface area contributed by atoms with Crippen LogP contribution in [-0.4, -0.2) is 39.9 Å². The van der Waals surface area contributed by atoms with Crippen LogP contribution in [0.4, 0.5) is 17.6 Å². The van der Waals surface area contributed by atoms with E-state index >= 15 is 0 Å². The quantitative estimate of drug-likeness (QED) is 0.682. The van der Waals surface area contributed by atoms with Crippen molar-refractivity contribution in [3.8, 4) is 0 Å². The molecule has 1 heterocycles. The average molecular weight is 392 g/mol. The number of carbonyl (C=O) groups excluding carboxylic acids is 1. The number of benzene rings is 1. The lowest BCUT2D eigenvalue weighted by atomic mass is 10.2. The monoisotopic (exact) mass is 391 g/mol. The molecule has 2 aromatic rings. The van der Waals surface area contributed by atoms with Gasteiger partial charge in [0.05, 0.1) is 24.2 Å². The van der Waals surface area contributed by atoms with Crippen molar-refractivity contribution in [3.63, 3.8) is 0 Å². The van der Waals surface area contributed by atoms with Crippen LogP contribution in [0, 0.1) is 12.7 Å². The fraction of sp³-hybridized carbons (Fsp3) is 0.412. The van der Waals surface area contributed by atoms with Crippen LogP contribution in [-0.2, 0) is 6.54 Å². The summed E-state index contributed by atoms with van der Waals surface area (Å²) in [6, 6.07) is 5.71. The van der Waals surface area contributed by atoms with Gasteiger partial charge in [-0.05, 0) is 31.5 Å². The predicted octanol–water partition coefficient (Wildman–Crippen LogP) is 4.45. The Morgan fingerprint density at radius 1 is 1.27 bits per heavy atom. The predicted molar refractivity (Wildman–Crippen MR) is 89.7 cm³/mol. The van der Waals surface area contributed by atoms with Gasteiger partial charge in [0.1, 0.15) is 11.0 Å². The van der Waals surface area contributed by atoms with Crippen molar-refractivity contribution in [1.29, 1.82) is 0 Å². The SMILES string of the molecule is CCN(CCC(F)(F)F)C(=O)c1c(C)nn(Cc2ccc(F)cc2)c1Cl. The first-order valence-electron chi connectivity index (χ1n) is 7.95. The zero-order chi connectivity index (χ0) is 19.5.